The third-order valence-electron chi connectivity index (χ3n) is 4.89. The lowest BCUT2D eigenvalue weighted by Crippen LogP contribution is -2.30. The Balaban J connectivity index is 1.58. The Hall–Kier alpha value is -2.93. The second-order valence-corrected chi connectivity index (χ2v) is 7.78. The molecule has 0 unspecified atom stereocenters. The topological polar surface area (TPSA) is 81.2 Å². The van der Waals surface area contributed by atoms with Gasteiger partial charge in [-0.05, 0) is 50.5 Å². The van der Waals surface area contributed by atoms with Crippen LogP contribution in [0.4, 0.5) is 5.69 Å². The Kier molecular flexibility index (Phi) is 7.05. The molecule has 0 radical (unpaired) electrons. The van der Waals surface area contributed by atoms with E-state index < -0.39 is 12.1 Å². The predicted molar refractivity (Wildman–Crippen MR) is 120 cm³/mol. The fourth-order valence-corrected chi connectivity index (χ4v) is 3.72. The van der Waals surface area contributed by atoms with E-state index in [-0.39, 0.29) is 12.3 Å². The number of thioether (sulfide) groups is 1. The Morgan fingerprint density at radius 1 is 1.07 bits per heavy atom. The van der Waals surface area contributed by atoms with Crippen LogP contribution in [0.1, 0.15) is 30.3 Å². The zero-order valence-corrected chi connectivity index (χ0v) is 18.4. The molecule has 1 amide bonds. The summed E-state index contributed by atoms with van der Waals surface area (Å²) in [5.74, 6) is -0.789. The third-order valence-corrected chi connectivity index (χ3v) is 5.43. The zero-order valence-electron chi connectivity index (χ0n) is 17.6. The zero-order chi connectivity index (χ0) is 21.7. The molecule has 1 aromatic heterocycles. The number of carbonyl (C=O) groups excluding carboxylic acids is 2. The van der Waals surface area contributed by atoms with E-state index in [2.05, 4.69) is 15.3 Å². The highest BCUT2D eigenvalue weighted by molar-refractivity contribution is 7.98. The second kappa shape index (κ2) is 9.71. The standard InChI is InChI=1S/C23H25N3O3S/c1-14-18(15(2)25-23(24-14)30-4)12-13-21(27)29-16(3)22(28)26-20-11-7-9-17-8-5-6-10-19(17)20/h5-11,16H,12-13H2,1-4H3,(H,26,28)/t16-/m0/s1. The van der Waals surface area contributed by atoms with Gasteiger partial charge >= 0.3 is 5.97 Å². The normalized spacial score (nSPS) is 11.9. The molecule has 0 aliphatic rings. The Morgan fingerprint density at radius 2 is 1.73 bits per heavy atom. The van der Waals surface area contributed by atoms with Gasteiger partial charge in [0.1, 0.15) is 0 Å². The molecule has 2 aromatic carbocycles. The Bertz CT molecular complexity index is 1060. The molecule has 0 aliphatic heterocycles. The molecule has 1 atom stereocenters. The van der Waals surface area contributed by atoms with Crippen molar-refractivity contribution < 1.29 is 14.3 Å². The predicted octanol–water partition coefficient (Wildman–Crippen LogP) is 4.47. The van der Waals surface area contributed by atoms with E-state index >= 15 is 0 Å². The first kappa shape index (κ1) is 21.8. The van der Waals surface area contributed by atoms with E-state index in [1.165, 1.54) is 11.8 Å². The van der Waals surface area contributed by atoms with Crippen LogP contribution in [0.15, 0.2) is 47.6 Å². The number of aryl methyl sites for hydroxylation is 2. The van der Waals surface area contributed by atoms with E-state index in [9.17, 15) is 9.59 Å². The summed E-state index contributed by atoms with van der Waals surface area (Å²) in [6.07, 6.45) is 1.67. The SMILES string of the molecule is CSc1nc(C)c(CCC(=O)O[C@@H](C)C(=O)Nc2cccc3ccccc23)c(C)n1. The molecule has 3 rings (SSSR count). The van der Waals surface area contributed by atoms with Crippen LogP contribution in [0, 0.1) is 13.8 Å². The molecule has 0 saturated heterocycles. The highest BCUT2D eigenvalue weighted by Crippen LogP contribution is 2.23. The number of nitrogens with one attached hydrogen (secondary N) is 1. The number of ether oxygens (including phenoxy) is 1. The number of anilines is 1. The molecule has 3 aromatic rings. The maximum absolute atomic E-state index is 12.5. The van der Waals surface area contributed by atoms with Crippen LogP contribution in [0.3, 0.4) is 0 Å². The highest BCUT2D eigenvalue weighted by atomic mass is 32.2. The number of rotatable bonds is 7. The summed E-state index contributed by atoms with van der Waals surface area (Å²) >= 11 is 1.48. The van der Waals surface area contributed by atoms with Crippen LogP contribution in [-0.4, -0.2) is 34.2 Å². The molecule has 0 bridgehead atoms. The van der Waals surface area contributed by atoms with Crippen molar-refractivity contribution in [2.24, 2.45) is 0 Å². The minimum absolute atomic E-state index is 0.162. The first-order valence-corrected chi connectivity index (χ1v) is 11.0. The molecule has 1 N–H and O–H groups in total. The third kappa shape index (κ3) is 5.16. The van der Waals surface area contributed by atoms with Gasteiger partial charge in [0.2, 0.25) is 0 Å². The number of benzene rings is 2. The number of aromatic nitrogens is 2. The quantitative estimate of drug-likeness (QED) is 0.343. The number of nitrogens with zero attached hydrogens (tertiary/aromatic N) is 2. The van der Waals surface area contributed by atoms with E-state index in [1.807, 2.05) is 62.6 Å². The molecule has 0 aliphatic carbocycles. The van der Waals surface area contributed by atoms with Crippen LogP contribution >= 0.6 is 11.8 Å². The fraction of sp³-hybridized carbons (Fsp3) is 0.304. The summed E-state index contributed by atoms with van der Waals surface area (Å²) < 4.78 is 5.35. The van der Waals surface area contributed by atoms with Gasteiger partial charge in [-0.1, -0.05) is 48.2 Å². The minimum Gasteiger partial charge on any atom is -0.453 e. The molecule has 0 saturated carbocycles. The van der Waals surface area contributed by atoms with Gasteiger partial charge in [-0.25, -0.2) is 9.97 Å². The highest BCUT2D eigenvalue weighted by Gasteiger charge is 2.19. The summed E-state index contributed by atoms with van der Waals surface area (Å²) in [5.41, 5.74) is 3.36. The van der Waals surface area contributed by atoms with Gasteiger partial charge in [0.15, 0.2) is 11.3 Å². The van der Waals surface area contributed by atoms with Gasteiger partial charge in [0.25, 0.3) is 5.91 Å². The summed E-state index contributed by atoms with van der Waals surface area (Å²) in [4.78, 5) is 33.7. The average Bonchev–Trinajstić information content (AvgIpc) is 2.73. The van der Waals surface area contributed by atoms with Crippen molar-refractivity contribution in [3.05, 3.63) is 59.4 Å². The summed E-state index contributed by atoms with van der Waals surface area (Å²) in [6.45, 7) is 5.40. The molecule has 156 valence electrons. The maximum atomic E-state index is 12.5. The van der Waals surface area contributed by atoms with E-state index in [0.29, 0.717) is 12.1 Å². The lowest BCUT2D eigenvalue weighted by atomic mass is 10.1. The summed E-state index contributed by atoms with van der Waals surface area (Å²) in [6, 6.07) is 13.5. The molecule has 0 fully saturated rings. The molecule has 6 nitrogen and oxygen atoms in total. The fourth-order valence-electron chi connectivity index (χ4n) is 3.27. The molecule has 30 heavy (non-hydrogen) atoms. The monoisotopic (exact) mass is 423 g/mol. The Labute approximate surface area is 180 Å². The number of fused-ring (bicyclic) bond motifs is 1. The molecule has 7 heteroatoms. The smallest absolute Gasteiger partial charge is 0.306 e. The van der Waals surface area contributed by atoms with Gasteiger partial charge in [0.05, 0.1) is 0 Å². The van der Waals surface area contributed by atoms with Crippen molar-refractivity contribution >= 4 is 40.1 Å². The van der Waals surface area contributed by atoms with E-state index in [1.54, 1.807) is 6.92 Å². The summed E-state index contributed by atoms with van der Waals surface area (Å²) in [5, 5.41) is 5.54. The lowest BCUT2D eigenvalue weighted by molar-refractivity contribution is -0.153. The second-order valence-electron chi connectivity index (χ2n) is 7.01. The number of amides is 1. The number of hydrogen-bond acceptors (Lipinski definition) is 6. The minimum atomic E-state index is -0.895. The van der Waals surface area contributed by atoms with Crippen LogP contribution in [0.5, 0.6) is 0 Å². The van der Waals surface area contributed by atoms with Gasteiger partial charge in [-0.15, -0.1) is 0 Å². The maximum Gasteiger partial charge on any atom is 0.306 e. The molecule has 1 heterocycles. The van der Waals surface area contributed by atoms with Crippen molar-refractivity contribution in [2.75, 3.05) is 11.6 Å². The van der Waals surface area contributed by atoms with E-state index in [0.717, 1.165) is 32.9 Å². The molecular weight excluding hydrogens is 398 g/mol. The lowest BCUT2D eigenvalue weighted by Gasteiger charge is -2.15. The van der Waals surface area contributed by atoms with Crippen molar-refractivity contribution in [1.82, 2.24) is 9.97 Å². The number of esters is 1. The van der Waals surface area contributed by atoms with Gasteiger partial charge < -0.3 is 10.1 Å². The van der Waals surface area contributed by atoms with Gasteiger partial charge in [-0.3, -0.25) is 9.59 Å². The van der Waals surface area contributed by atoms with Crippen molar-refractivity contribution in [3.8, 4) is 0 Å². The van der Waals surface area contributed by atoms with Crippen LogP contribution in [0.25, 0.3) is 10.8 Å². The molecule has 0 spiro atoms. The van der Waals surface area contributed by atoms with Crippen molar-refractivity contribution in [3.63, 3.8) is 0 Å². The number of carbonyl (C=O) groups is 2. The first-order valence-electron chi connectivity index (χ1n) is 9.75. The van der Waals surface area contributed by atoms with Gasteiger partial charge in [-0.2, -0.15) is 0 Å². The van der Waals surface area contributed by atoms with Crippen LogP contribution in [-0.2, 0) is 20.7 Å². The largest absolute Gasteiger partial charge is 0.453 e. The first-order chi connectivity index (χ1) is 14.4. The van der Waals surface area contributed by atoms with Crippen molar-refractivity contribution in [2.45, 2.75) is 44.9 Å². The van der Waals surface area contributed by atoms with Gasteiger partial charge in [0, 0.05) is 28.9 Å². The summed E-state index contributed by atoms with van der Waals surface area (Å²) in [7, 11) is 0. The average molecular weight is 424 g/mol. The van der Waals surface area contributed by atoms with E-state index in [4.69, 9.17) is 4.74 Å². The number of hydrogen-bond donors (Lipinski definition) is 1. The van der Waals surface area contributed by atoms with Crippen LogP contribution in [0.2, 0.25) is 0 Å². The Morgan fingerprint density at radius 3 is 2.43 bits per heavy atom. The van der Waals surface area contributed by atoms with Crippen molar-refractivity contribution in [1.29, 1.82) is 0 Å². The molecular formula is C23H25N3O3S. The van der Waals surface area contributed by atoms with Crippen LogP contribution < -0.4 is 5.32 Å².